The fourth-order valence-electron chi connectivity index (χ4n) is 2.06. The Morgan fingerprint density at radius 1 is 1.16 bits per heavy atom. The lowest BCUT2D eigenvalue weighted by Gasteiger charge is -2.16. The molecule has 0 aliphatic carbocycles. The van der Waals surface area contributed by atoms with Gasteiger partial charge in [0.05, 0.1) is 6.54 Å². The molecule has 1 heterocycles. The number of furan rings is 1. The van der Waals surface area contributed by atoms with Gasteiger partial charge in [-0.2, -0.15) is 0 Å². The SMILES string of the molecule is Cc1cccc(NCCN(C)Cc2ccc(C)o2)c1. The molecule has 3 nitrogen and oxygen atoms in total. The van der Waals surface area contributed by atoms with Crippen molar-refractivity contribution in [3.8, 4) is 0 Å². The maximum atomic E-state index is 5.57. The van der Waals surface area contributed by atoms with Crippen molar-refractivity contribution in [1.82, 2.24) is 4.90 Å². The first kappa shape index (κ1) is 13.7. The molecule has 102 valence electrons. The summed E-state index contributed by atoms with van der Waals surface area (Å²) >= 11 is 0. The van der Waals surface area contributed by atoms with E-state index >= 15 is 0 Å². The summed E-state index contributed by atoms with van der Waals surface area (Å²) in [6.07, 6.45) is 0. The van der Waals surface area contributed by atoms with Crippen LogP contribution in [0.4, 0.5) is 5.69 Å². The fraction of sp³-hybridized carbons (Fsp3) is 0.375. The van der Waals surface area contributed by atoms with Crippen molar-refractivity contribution in [2.24, 2.45) is 0 Å². The minimum atomic E-state index is 0.851. The Hall–Kier alpha value is -1.74. The summed E-state index contributed by atoms with van der Waals surface area (Å²) in [5, 5.41) is 3.44. The average Bonchev–Trinajstić information content (AvgIpc) is 2.75. The van der Waals surface area contributed by atoms with Gasteiger partial charge in [-0.1, -0.05) is 12.1 Å². The van der Waals surface area contributed by atoms with Gasteiger partial charge in [0.25, 0.3) is 0 Å². The van der Waals surface area contributed by atoms with Crippen molar-refractivity contribution in [3.63, 3.8) is 0 Å². The van der Waals surface area contributed by atoms with Gasteiger partial charge in [-0.25, -0.2) is 0 Å². The van der Waals surface area contributed by atoms with Gasteiger partial charge in [0.2, 0.25) is 0 Å². The van der Waals surface area contributed by atoms with E-state index in [2.05, 4.69) is 48.5 Å². The van der Waals surface area contributed by atoms with E-state index in [0.717, 1.165) is 31.2 Å². The Balaban J connectivity index is 1.73. The van der Waals surface area contributed by atoms with Crippen LogP contribution >= 0.6 is 0 Å². The monoisotopic (exact) mass is 258 g/mol. The highest BCUT2D eigenvalue weighted by Gasteiger charge is 2.03. The Kier molecular flexibility index (Phi) is 4.63. The van der Waals surface area contributed by atoms with Crippen molar-refractivity contribution in [3.05, 3.63) is 53.5 Å². The summed E-state index contributed by atoms with van der Waals surface area (Å²) < 4.78 is 5.57. The number of benzene rings is 1. The number of likely N-dealkylation sites (N-methyl/N-ethyl adjacent to an activating group) is 1. The molecule has 0 aliphatic heterocycles. The molecule has 3 heteroatoms. The second-order valence-corrected chi connectivity index (χ2v) is 5.05. The van der Waals surface area contributed by atoms with Crippen LogP contribution in [-0.4, -0.2) is 25.0 Å². The highest BCUT2D eigenvalue weighted by Crippen LogP contribution is 2.10. The molecule has 19 heavy (non-hydrogen) atoms. The van der Waals surface area contributed by atoms with E-state index in [-0.39, 0.29) is 0 Å². The van der Waals surface area contributed by atoms with Gasteiger partial charge < -0.3 is 9.73 Å². The average molecular weight is 258 g/mol. The van der Waals surface area contributed by atoms with Gasteiger partial charge in [0.15, 0.2) is 0 Å². The van der Waals surface area contributed by atoms with Crippen molar-refractivity contribution in [2.45, 2.75) is 20.4 Å². The summed E-state index contributed by atoms with van der Waals surface area (Å²) in [6.45, 7) is 6.84. The maximum Gasteiger partial charge on any atom is 0.118 e. The zero-order valence-electron chi connectivity index (χ0n) is 11.9. The minimum absolute atomic E-state index is 0.851. The summed E-state index contributed by atoms with van der Waals surface area (Å²) in [5.41, 5.74) is 2.46. The Morgan fingerprint density at radius 3 is 2.68 bits per heavy atom. The van der Waals surface area contributed by atoms with E-state index in [1.165, 1.54) is 11.3 Å². The summed E-state index contributed by atoms with van der Waals surface area (Å²) in [7, 11) is 2.11. The molecule has 0 saturated heterocycles. The molecule has 2 aromatic rings. The lowest BCUT2D eigenvalue weighted by Crippen LogP contribution is -2.24. The van der Waals surface area contributed by atoms with Crippen molar-refractivity contribution in [1.29, 1.82) is 0 Å². The second-order valence-electron chi connectivity index (χ2n) is 5.05. The van der Waals surface area contributed by atoms with Gasteiger partial charge in [0.1, 0.15) is 11.5 Å². The lowest BCUT2D eigenvalue weighted by molar-refractivity contribution is 0.302. The zero-order chi connectivity index (χ0) is 13.7. The molecule has 0 unspecified atom stereocenters. The van der Waals surface area contributed by atoms with E-state index < -0.39 is 0 Å². The van der Waals surface area contributed by atoms with Crippen molar-refractivity contribution in [2.75, 3.05) is 25.5 Å². The molecule has 0 spiro atoms. The van der Waals surface area contributed by atoms with Gasteiger partial charge in [-0.15, -0.1) is 0 Å². The molecule has 0 radical (unpaired) electrons. The number of rotatable bonds is 6. The van der Waals surface area contributed by atoms with E-state index in [9.17, 15) is 0 Å². The first-order valence-electron chi connectivity index (χ1n) is 6.68. The van der Waals surface area contributed by atoms with Crippen LogP contribution in [-0.2, 0) is 6.54 Å². The van der Waals surface area contributed by atoms with E-state index in [1.54, 1.807) is 0 Å². The third-order valence-corrected chi connectivity index (χ3v) is 3.06. The topological polar surface area (TPSA) is 28.4 Å². The van der Waals surface area contributed by atoms with Gasteiger partial charge in [0, 0.05) is 18.8 Å². The lowest BCUT2D eigenvalue weighted by atomic mass is 10.2. The predicted octanol–water partition coefficient (Wildman–Crippen LogP) is 3.44. The highest BCUT2D eigenvalue weighted by molar-refractivity contribution is 5.45. The molecule has 2 rings (SSSR count). The third-order valence-electron chi connectivity index (χ3n) is 3.06. The maximum absolute atomic E-state index is 5.57. The Labute approximate surface area is 115 Å². The second kappa shape index (κ2) is 6.43. The first-order valence-corrected chi connectivity index (χ1v) is 6.68. The molecule has 1 N–H and O–H groups in total. The van der Waals surface area contributed by atoms with Crippen LogP contribution in [0.15, 0.2) is 40.8 Å². The standard InChI is InChI=1S/C16H22N2O/c1-13-5-4-6-15(11-13)17-9-10-18(3)12-16-8-7-14(2)19-16/h4-8,11,17H,9-10,12H2,1-3H3. The minimum Gasteiger partial charge on any atom is -0.465 e. The van der Waals surface area contributed by atoms with Crippen LogP contribution in [0, 0.1) is 13.8 Å². The van der Waals surface area contributed by atoms with Gasteiger partial charge in [-0.3, -0.25) is 4.90 Å². The third kappa shape index (κ3) is 4.45. The van der Waals surface area contributed by atoms with Gasteiger partial charge in [-0.05, 0) is 50.7 Å². The van der Waals surface area contributed by atoms with Crippen molar-refractivity contribution >= 4 is 5.69 Å². The molecule has 1 aromatic heterocycles. The molecule has 0 amide bonds. The smallest absolute Gasteiger partial charge is 0.118 e. The molecular formula is C16H22N2O. The van der Waals surface area contributed by atoms with Crippen LogP contribution in [0.1, 0.15) is 17.1 Å². The Bertz CT molecular complexity index is 519. The molecular weight excluding hydrogens is 236 g/mol. The molecule has 0 atom stereocenters. The fourth-order valence-corrected chi connectivity index (χ4v) is 2.06. The number of anilines is 1. The molecule has 0 aliphatic rings. The quantitative estimate of drug-likeness (QED) is 0.860. The normalized spacial score (nSPS) is 10.9. The summed E-state index contributed by atoms with van der Waals surface area (Å²) in [6, 6.07) is 12.5. The van der Waals surface area contributed by atoms with E-state index in [4.69, 9.17) is 4.42 Å². The largest absolute Gasteiger partial charge is 0.465 e. The molecule has 0 fully saturated rings. The van der Waals surface area contributed by atoms with Crippen LogP contribution in [0.2, 0.25) is 0 Å². The summed E-state index contributed by atoms with van der Waals surface area (Å²) in [4.78, 5) is 2.25. The molecule has 0 saturated carbocycles. The zero-order valence-corrected chi connectivity index (χ0v) is 11.9. The number of hydrogen-bond donors (Lipinski definition) is 1. The number of hydrogen-bond acceptors (Lipinski definition) is 3. The molecule has 0 bridgehead atoms. The van der Waals surface area contributed by atoms with Crippen molar-refractivity contribution < 1.29 is 4.42 Å². The van der Waals surface area contributed by atoms with E-state index in [0.29, 0.717) is 0 Å². The number of aryl methyl sites for hydroxylation is 2. The highest BCUT2D eigenvalue weighted by atomic mass is 16.3. The van der Waals surface area contributed by atoms with Crippen LogP contribution < -0.4 is 5.32 Å². The van der Waals surface area contributed by atoms with E-state index in [1.807, 2.05) is 19.1 Å². The first-order chi connectivity index (χ1) is 9.13. The van der Waals surface area contributed by atoms with Crippen LogP contribution in [0.25, 0.3) is 0 Å². The van der Waals surface area contributed by atoms with Crippen LogP contribution in [0.3, 0.4) is 0 Å². The summed E-state index contributed by atoms with van der Waals surface area (Å²) in [5.74, 6) is 2.00. The number of nitrogens with zero attached hydrogens (tertiary/aromatic N) is 1. The molecule has 1 aromatic carbocycles. The number of nitrogens with one attached hydrogen (secondary N) is 1. The predicted molar refractivity (Wildman–Crippen MR) is 79.4 cm³/mol. The Morgan fingerprint density at radius 2 is 2.00 bits per heavy atom. The van der Waals surface area contributed by atoms with Crippen LogP contribution in [0.5, 0.6) is 0 Å². The van der Waals surface area contributed by atoms with Gasteiger partial charge >= 0.3 is 0 Å².